The van der Waals surface area contributed by atoms with E-state index in [2.05, 4.69) is 5.32 Å². The Morgan fingerprint density at radius 2 is 1.89 bits per heavy atom. The summed E-state index contributed by atoms with van der Waals surface area (Å²) in [7, 11) is 2.96. The quantitative estimate of drug-likeness (QED) is 0.821. The van der Waals surface area contributed by atoms with Crippen molar-refractivity contribution in [1.29, 1.82) is 0 Å². The second-order valence-corrected chi connectivity index (χ2v) is 6.27. The van der Waals surface area contributed by atoms with Gasteiger partial charge in [-0.05, 0) is 38.1 Å². The van der Waals surface area contributed by atoms with Crippen LogP contribution < -0.4 is 15.6 Å². The number of aromatic nitrogens is 1. The first-order chi connectivity index (χ1) is 12.8. The van der Waals surface area contributed by atoms with E-state index < -0.39 is 11.5 Å². The van der Waals surface area contributed by atoms with Crippen molar-refractivity contribution >= 4 is 29.1 Å². The molecule has 0 aliphatic carbocycles. The van der Waals surface area contributed by atoms with Gasteiger partial charge in [-0.2, -0.15) is 0 Å². The molecule has 27 heavy (non-hydrogen) atoms. The predicted octanol–water partition coefficient (Wildman–Crippen LogP) is 2.78. The Balaban J connectivity index is 2.42. The van der Waals surface area contributed by atoms with Gasteiger partial charge in [-0.1, -0.05) is 11.6 Å². The van der Waals surface area contributed by atoms with E-state index in [-0.39, 0.29) is 17.2 Å². The van der Waals surface area contributed by atoms with Crippen LogP contribution in [0.5, 0.6) is 5.75 Å². The number of methoxy groups -OCH3 is 1. The van der Waals surface area contributed by atoms with Gasteiger partial charge < -0.3 is 19.5 Å². The number of nitrogens with zero attached hydrogens (tertiary/aromatic N) is 2. The van der Waals surface area contributed by atoms with Crippen molar-refractivity contribution in [2.45, 2.75) is 13.8 Å². The lowest BCUT2D eigenvalue weighted by molar-refractivity contribution is 0.0771. The van der Waals surface area contributed by atoms with Crippen LogP contribution in [0.25, 0.3) is 0 Å². The normalized spacial score (nSPS) is 10.4. The van der Waals surface area contributed by atoms with Gasteiger partial charge >= 0.3 is 0 Å². The monoisotopic (exact) mass is 391 g/mol. The van der Waals surface area contributed by atoms with E-state index in [0.29, 0.717) is 29.4 Å². The fourth-order valence-corrected chi connectivity index (χ4v) is 2.83. The minimum absolute atomic E-state index is 0.00235. The first-order valence-corrected chi connectivity index (χ1v) is 8.85. The van der Waals surface area contributed by atoms with Gasteiger partial charge in [0, 0.05) is 31.4 Å². The van der Waals surface area contributed by atoms with Gasteiger partial charge in [0.25, 0.3) is 17.4 Å². The van der Waals surface area contributed by atoms with Crippen LogP contribution >= 0.6 is 11.6 Å². The highest BCUT2D eigenvalue weighted by Crippen LogP contribution is 2.23. The highest BCUT2D eigenvalue weighted by atomic mass is 35.5. The molecule has 0 bridgehead atoms. The number of pyridine rings is 1. The summed E-state index contributed by atoms with van der Waals surface area (Å²) in [6, 6.07) is 6.00. The molecule has 2 amide bonds. The second kappa shape index (κ2) is 8.73. The number of amides is 2. The van der Waals surface area contributed by atoms with Gasteiger partial charge in [-0.15, -0.1) is 0 Å². The number of nitrogens with one attached hydrogen (secondary N) is 1. The van der Waals surface area contributed by atoms with Crippen molar-refractivity contribution in [2.24, 2.45) is 7.05 Å². The SMILES string of the molecule is CCN(CC)C(=O)c1cc(NC(=O)c2cc(Cl)ccc2OC)c(=O)n(C)c1. The molecule has 0 atom stereocenters. The zero-order valence-electron chi connectivity index (χ0n) is 15.7. The molecule has 0 radical (unpaired) electrons. The minimum Gasteiger partial charge on any atom is -0.496 e. The summed E-state index contributed by atoms with van der Waals surface area (Å²) >= 11 is 5.96. The number of carbonyl (C=O) groups is 2. The second-order valence-electron chi connectivity index (χ2n) is 5.83. The molecule has 0 aliphatic rings. The lowest BCUT2D eigenvalue weighted by atomic mass is 10.1. The van der Waals surface area contributed by atoms with Crippen LogP contribution in [0.1, 0.15) is 34.6 Å². The molecule has 1 aromatic heterocycles. The molecule has 0 fully saturated rings. The molecule has 0 saturated heterocycles. The number of halogens is 1. The van der Waals surface area contributed by atoms with Crippen LogP contribution in [0.15, 0.2) is 35.3 Å². The summed E-state index contributed by atoms with van der Waals surface area (Å²) in [5, 5.41) is 2.92. The summed E-state index contributed by atoms with van der Waals surface area (Å²) in [5.74, 6) is -0.450. The van der Waals surface area contributed by atoms with Crippen molar-refractivity contribution < 1.29 is 14.3 Å². The lowest BCUT2D eigenvalue weighted by Gasteiger charge is -2.19. The Morgan fingerprint density at radius 3 is 2.48 bits per heavy atom. The Labute approximate surface area is 162 Å². The van der Waals surface area contributed by atoms with Gasteiger partial charge in [0.05, 0.1) is 18.2 Å². The molecular formula is C19H22ClN3O4. The van der Waals surface area contributed by atoms with E-state index in [1.54, 1.807) is 17.0 Å². The molecule has 0 saturated carbocycles. The zero-order valence-corrected chi connectivity index (χ0v) is 16.5. The van der Waals surface area contributed by atoms with Crippen molar-refractivity contribution in [3.63, 3.8) is 0 Å². The number of rotatable bonds is 6. The number of hydrogen-bond acceptors (Lipinski definition) is 4. The van der Waals surface area contributed by atoms with Crippen molar-refractivity contribution in [3.05, 3.63) is 57.0 Å². The molecule has 0 unspecified atom stereocenters. The molecule has 8 heteroatoms. The molecule has 1 N–H and O–H groups in total. The van der Waals surface area contributed by atoms with Crippen molar-refractivity contribution in [3.8, 4) is 5.75 Å². The average Bonchev–Trinajstić information content (AvgIpc) is 2.65. The largest absolute Gasteiger partial charge is 0.496 e. The van der Waals surface area contributed by atoms with Crippen LogP contribution in [-0.4, -0.2) is 41.5 Å². The van der Waals surface area contributed by atoms with Crippen LogP contribution in [0.3, 0.4) is 0 Å². The third kappa shape index (κ3) is 4.49. The molecule has 7 nitrogen and oxygen atoms in total. The van der Waals surface area contributed by atoms with E-state index in [4.69, 9.17) is 16.3 Å². The molecule has 1 aromatic carbocycles. The number of benzene rings is 1. The molecule has 1 heterocycles. The predicted molar refractivity (Wildman–Crippen MR) is 105 cm³/mol. The topological polar surface area (TPSA) is 80.6 Å². The summed E-state index contributed by atoms with van der Waals surface area (Å²) in [5.41, 5.74) is 0.0738. The molecule has 0 spiro atoms. The van der Waals surface area contributed by atoms with Crippen LogP contribution in [-0.2, 0) is 7.05 Å². The Kier molecular flexibility index (Phi) is 6.63. The van der Waals surface area contributed by atoms with Gasteiger partial charge in [-0.3, -0.25) is 14.4 Å². The van der Waals surface area contributed by atoms with E-state index in [1.165, 1.54) is 37.1 Å². The third-order valence-corrected chi connectivity index (χ3v) is 4.37. The zero-order chi connectivity index (χ0) is 20.1. The average molecular weight is 392 g/mol. The van der Waals surface area contributed by atoms with Gasteiger partial charge in [0.15, 0.2) is 0 Å². The van der Waals surface area contributed by atoms with Crippen LogP contribution in [0.4, 0.5) is 5.69 Å². The molecule has 0 aliphatic heterocycles. The fourth-order valence-electron chi connectivity index (χ4n) is 2.66. The molecule has 144 valence electrons. The van der Waals surface area contributed by atoms with Crippen LogP contribution in [0.2, 0.25) is 5.02 Å². The Hall–Kier alpha value is -2.80. The van der Waals surface area contributed by atoms with E-state index >= 15 is 0 Å². The molecule has 2 rings (SSSR count). The van der Waals surface area contributed by atoms with E-state index in [0.717, 1.165) is 0 Å². The molecule has 2 aromatic rings. The van der Waals surface area contributed by atoms with Gasteiger partial charge in [0.1, 0.15) is 11.4 Å². The van der Waals surface area contributed by atoms with E-state index in [1.807, 2.05) is 13.8 Å². The Bertz CT molecular complexity index is 920. The number of carbonyl (C=O) groups excluding carboxylic acids is 2. The summed E-state index contributed by atoms with van der Waals surface area (Å²) < 4.78 is 6.44. The van der Waals surface area contributed by atoms with Crippen molar-refractivity contribution in [2.75, 3.05) is 25.5 Å². The first kappa shape index (κ1) is 20.5. The van der Waals surface area contributed by atoms with Gasteiger partial charge in [0.2, 0.25) is 0 Å². The van der Waals surface area contributed by atoms with Crippen LogP contribution in [0, 0.1) is 0 Å². The Morgan fingerprint density at radius 1 is 1.22 bits per heavy atom. The summed E-state index contributed by atoms with van der Waals surface area (Å²) in [6.45, 7) is 4.83. The van der Waals surface area contributed by atoms with Gasteiger partial charge in [-0.25, -0.2) is 0 Å². The number of hydrogen-bond donors (Lipinski definition) is 1. The maximum atomic E-state index is 12.6. The number of ether oxygens (including phenoxy) is 1. The number of anilines is 1. The van der Waals surface area contributed by atoms with E-state index in [9.17, 15) is 14.4 Å². The summed E-state index contributed by atoms with van der Waals surface area (Å²) in [4.78, 5) is 39.3. The minimum atomic E-state index is -0.557. The highest BCUT2D eigenvalue weighted by molar-refractivity contribution is 6.31. The number of aryl methyl sites for hydroxylation is 1. The third-order valence-electron chi connectivity index (χ3n) is 4.14. The standard InChI is InChI=1S/C19H22ClN3O4/c1-5-23(6-2)18(25)12-9-15(19(26)22(3)11-12)21-17(24)14-10-13(20)7-8-16(14)27-4/h7-11H,5-6H2,1-4H3,(H,21,24). The smallest absolute Gasteiger partial charge is 0.274 e. The lowest BCUT2D eigenvalue weighted by Crippen LogP contribution is -2.32. The summed E-state index contributed by atoms with van der Waals surface area (Å²) in [6.07, 6.45) is 1.46. The highest BCUT2D eigenvalue weighted by Gasteiger charge is 2.19. The first-order valence-electron chi connectivity index (χ1n) is 8.47. The van der Waals surface area contributed by atoms with Crippen molar-refractivity contribution in [1.82, 2.24) is 9.47 Å². The maximum Gasteiger partial charge on any atom is 0.274 e. The molecular weight excluding hydrogens is 370 g/mol. The maximum absolute atomic E-state index is 12.6. The fraction of sp³-hybridized carbons (Fsp3) is 0.316.